The molecule has 0 unspecified atom stereocenters. The molecule has 3 nitrogen and oxygen atoms in total. The number of nitrogens with zero attached hydrogens (tertiary/aromatic N) is 3. The van der Waals surface area contributed by atoms with Crippen LogP contribution in [0.15, 0.2) is 77.3 Å². The van der Waals surface area contributed by atoms with Crippen LogP contribution in [0, 0.1) is 0 Å². The molecule has 4 heteroatoms. The van der Waals surface area contributed by atoms with Crippen molar-refractivity contribution in [3.8, 4) is 5.69 Å². The zero-order valence-corrected chi connectivity index (χ0v) is 13.7. The van der Waals surface area contributed by atoms with Gasteiger partial charge in [0.15, 0.2) is 0 Å². The third kappa shape index (κ3) is 1.72. The van der Waals surface area contributed by atoms with Crippen LogP contribution in [0.2, 0.25) is 0 Å². The molecule has 0 amide bonds. The van der Waals surface area contributed by atoms with Gasteiger partial charge in [-0.25, -0.2) is 4.98 Å². The lowest BCUT2D eigenvalue weighted by atomic mass is 10.2. The molecule has 0 fully saturated rings. The second kappa shape index (κ2) is 4.70. The van der Waals surface area contributed by atoms with E-state index in [0.29, 0.717) is 0 Å². The molecule has 0 saturated heterocycles. The smallest absolute Gasteiger partial charge is 0.220 e. The van der Waals surface area contributed by atoms with Crippen LogP contribution in [-0.4, -0.2) is 14.0 Å². The second-order valence-corrected chi connectivity index (χ2v) is 6.37. The predicted molar refractivity (Wildman–Crippen MR) is 97.2 cm³/mol. The van der Waals surface area contributed by atoms with Crippen LogP contribution in [0.5, 0.6) is 0 Å². The lowest BCUT2D eigenvalue weighted by Gasteiger charge is -2.04. The molecule has 0 spiro atoms. The molecular weight excluding hydrogens is 350 g/mol. The molecule has 3 aromatic carbocycles. The Bertz CT molecular complexity index is 1170. The summed E-state index contributed by atoms with van der Waals surface area (Å²) in [5.74, 6) is 0.930. The molecule has 0 aliphatic carbocycles. The van der Waals surface area contributed by atoms with Gasteiger partial charge >= 0.3 is 0 Å². The third-order valence-corrected chi connectivity index (χ3v) is 4.83. The number of hydrogen-bond donors (Lipinski definition) is 0. The topological polar surface area (TPSA) is 22.2 Å². The van der Waals surface area contributed by atoms with Crippen molar-refractivity contribution in [1.82, 2.24) is 14.0 Å². The predicted octanol–water partition coefficient (Wildman–Crippen LogP) is 5.19. The van der Waals surface area contributed by atoms with E-state index in [2.05, 4.69) is 85.6 Å². The van der Waals surface area contributed by atoms with Crippen LogP contribution >= 0.6 is 15.9 Å². The van der Waals surface area contributed by atoms with Crippen LogP contribution < -0.4 is 0 Å². The van der Waals surface area contributed by atoms with E-state index in [1.54, 1.807) is 0 Å². The largest absolute Gasteiger partial charge is 0.278 e. The summed E-state index contributed by atoms with van der Waals surface area (Å²) in [4.78, 5) is 4.87. The van der Waals surface area contributed by atoms with Crippen molar-refractivity contribution < 1.29 is 0 Å². The number of hydrogen-bond acceptors (Lipinski definition) is 1. The molecule has 23 heavy (non-hydrogen) atoms. The van der Waals surface area contributed by atoms with Gasteiger partial charge in [-0.05, 0) is 52.3 Å². The molecule has 0 atom stereocenters. The summed E-state index contributed by atoms with van der Waals surface area (Å²) in [5, 5.41) is 0. The third-order valence-electron chi connectivity index (χ3n) is 4.19. The highest BCUT2D eigenvalue weighted by atomic mass is 79.9. The van der Waals surface area contributed by atoms with Crippen molar-refractivity contribution in [1.29, 1.82) is 0 Å². The average molecular weight is 362 g/mol. The summed E-state index contributed by atoms with van der Waals surface area (Å²) in [6.45, 7) is 0. The first-order chi connectivity index (χ1) is 11.3. The summed E-state index contributed by atoms with van der Waals surface area (Å²) in [6, 6.07) is 24.9. The maximum atomic E-state index is 4.87. The highest BCUT2D eigenvalue weighted by Crippen LogP contribution is 2.32. The number of aromatic nitrogens is 3. The zero-order chi connectivity index (χ0) is 15.4. The molecule has 110 valence electrons. The van der Waals surface area contributed by atoms with Gasteiger partial charge in [-0.3, -0.25) is 8.97 Å². The van der Waals surface area contributed by atoms with Crippen molar-refractivity contribution in [3.05, 3.63) is 77.3 Å². The minimum absolute atomic E-state index is 0.930. The average Bonchev–Trinajstić information content (AvgIpc) is 3.10. The molecule has 0 aliphatic rings. The maximum Gasteiger partial charge on any atom is 0.220 e. The summed E-state index contributed by atoms with van der Waals surface area (Å²) < 4.78 is 5.50. The molecule has 0 aliphatic heterocycles. The Kier molecular flexibility index (Phi) is 2.64. The van der Waals surface area contributed by atoms with E-state index >= 15 is 0 Å². The van der Waals surface area contributed by atoms with E-state index in [1.165, 1.54) is 0 Å². The number of fused-ring (bicyclic) bond motifs is 5. The van der Waals surface area contributed by atoms with Gasteiger partial charge < -0.3 is 0 Å². The molecule has 2 heterocycles. The van der Waals surface area contributed by atoms with Crippen molar-refractivity contribution >= 4 is 43.8 Å². The number of benzene rings is 3. The van der Waals surface area contributed by atoms with Gasteiger partial charge in [0.05, 0.1) is 22.1 Å². The Morgan fingerprint density at radius 2 is 1.48 bits per heavy atom. The van der Waals surface area contributed by atoms with Crippen LogP contribution in [0.3, 0.4) is 0 Å². The Balaban J connectivity index is 2.09. The number of imidazole rings is 2. The van der Waals surface area contributed by atoms with Gasteiger partial charge in [-0.15, -0.1) is 0 Å². The van der Waals surface area contributed by atoms with Gasteiger partial charge in [0.2, 0.25) is 5.78 Å². The Hall–Kier alpha value is -2.59. The van der Waals surface area contributed by atoms with Gasteiger partial charge in [0.1, 0.15) is 0 Å². The van der Waals surface area contributed by atoms with Crippen LogP contribution in [0.4, 0.5) is 0 Å². The fourth-order valence-corrected chi connectivity index (χ4v) is 3.76. The molecule has 0 N–H and O–H groups in total. The normalized spacial score (nSPS) is 11.7. The van der Waals surface area contributed by atoms with Gasteiger partial charge in [0, 0.05) is 10.2 Å². The molecular formula is C19H12BrN3. The fourth-order valence-electron chi connectivity index (χ4n) is 3.23. The second-order valence-electron chi connectivity index (χ2n) is 5.51. The standard InChI is InChI=1S/C19H12BrN3/c20-14-9-6-12-17-18(14)23-16-11-5-4-10-15(16)21-19(23)22(17)13-7-2-1-3-8-13/h1-12H. The quantitative estimate of drug-likeness (QED) is 0.402. The van der Waals surface area contributed by atoms with Crippen LogP contribution in [-0.2, 0) is 0 Å². The van der Waals surface area contributed by atoms with E-state index in [0.717, 1.165) is 38.0 Å². The molecule has 2 aromatic heterocycles. The monoisotopic (exact) mass is 361 g/mol. The lowest BCUT2D eigenvalue weighted by molar-refractivity contribution is 1.11. The van der Waals surface area contributed by atoms with E-state index in [9.17, 15) is 0 Å². The summed E-state index contributed by atoms with van der Waals surface area (Å²) in [5.41, 5.74) is 5.51. The van der Waals surface area contributed by atoms with Crippen LogP contribution in [0.1, 0.15) is 0 Å². The minimum Gasteiger partial charge on any atom is -0.278 e. The number of para-hydroxylation sites is 4. The SMILES string of the molecule is Brc1cccc2c1n1c3ccccc3nc1n2-c1ccccc1. The van der Waals surface area contributed by atoms with Crippen LogP contribution in [0.25, 0.3) is 33.5 Å². The Labute approximate surface area is 140 Å². The summed E-state index contributed by atoms with van der Waals surface area (Å²) >= 11 is 3.71. The Morgan fingerprint density at radius 3 is 2.35 bits per heavy atom. The molecule has 5 rings (SSSR count). The first kappa shape index (κ1) is 12.9. The van der Waals surface area contributed by atoms with Crippen molar-refractivity contribution in [3.63, 3.8) is 0 Å². The first-order valence-electron chi connectivity index (χ1n) is 7.46. The summed E-state index contributed by atoms with van der Waals surface area (Å²) in [6.07, 6.45) is 0. The van der Waals surface area contributed by atoms with E-state index in [-0.39, 0.29) is 0 Å². The molecule has 5 aromatic rings. The van der Waals surface area contributed by atoms with E-state index < -0.39 is 0 Å². The van der Waals surface area contributed by atoms with Gasteiger partial charge in [-0.2, -0.15) is 0 Å². The van der Waals surface area contributed by atoms with Crippen molar-refractivity contribution in [2.75, 3.05) is 0 Å². The zero-order valence-electron chi connectivity index (χ0n) is 12.1. The molecule has 0 radical (unpaired) electrons. The fraction of sp³-hybridized carbons (Fsp3) is 0. The number of halogens is 1. The van der Waals surface area contributed by atoms with Crippen molar-refractivity contribution in [2.45, 2.75) is 0 Å². The molecule has 0 bridgehead atoms. The Morgan fingerprint density at radius 1 is 0.739 bits per heavy atom. The van der Waals surface area contributed by atoms with Gasteiger partial charge in [0.25, 0.3) is 0 Å². The number of rotatable bonds is 1. The summed E-state index contributed by atoms with van der Waals surface area (Å²) in [7, 11) is 0. The van der Waals surface area contributed by atoms with E-state index in [4.69, 9.17) is 4.98 Å². The maximum absolute atomic E-state index is 4.87. The first-order valence-corrected chi connectivity index (χ1v) is 8.25. The highest BCUT2D eigenvalue weighted by molar-refractivity contribution is 9.10. The lowest BCUT2D eigenvalue weighted by Crippen LogP contribution is -1.94. The minimum atomic E-state index is 0.930. The highest BCUT2D eigenvalue weighted by Gasteiger charge is 2.18. The van der Waals surface area contributed by atoms with Gasteiger partial charge in [-0.1, -0.05) is 36.4 Å². The van der Waals surface area contributed by atoms with Crippen molar-refractivity contribution in [2.24, 2.45) is 0 Å². The van der Waals surface area contributed by atoms with E-state index in [1.807, 2.05) is 12.1 Å². The molecule has 0 saturated carbocycles.